The molecule has 6 nitrogen and oxygen atoms in total. The Balaban J connectivity index is 1.57. The highest BCUT2D eigenvalue weighted by molar-refractivity contribution is 7.88. The van der Waals surface area contributed by atoms with Crippen molar-refractivity contribution >= 4 is 10.0 Å². The molecule has 0 saturated carbocycles. The van der Waals surface area contributed by atoms with Crippen molar-refractivity contribution in [3.8, 4) is 5.69 Å². The number of likely N-dealkylation sites (tertiary alicyclic amines) is 1. The first-order valence-corrected chi connectivity index (χ1v) is 9.65. The molecule has 0 radical (unpaired) electrons. The van der Waals surface area contributed by atoms with Gasteiger partial charge >= 0.3 is 0 Å². The second kappa shape index (κ2) is 6.82. The van der Waals surface area contributed by atoms with E-state index in [1.54, 1.807) is 6.20 Å². The van der Waals surface area contributed by atoms with Gasteiger partial charge in [0, 0.05) is 32.0 Å². The monoisotopic (exact) mass is 334 g/mol. The van der Waals surface area contributed by atoms with E-state index in [-0.39, 0.29) is 0 Å². The molecule has 2 heterocycles. The molecule has 0 spiro atoms. The lowest BCUT2D eigenvalue weighted by molar-refractivity contribution is 0.316. The maximum atomic E-state index is 11.2. The first-order valence-electron chi connectivity index (χ1n) is 7.75. The van der Waals surface area contributed by atoms with Gasteiger partial charge in [-0.1, -0.05) is 12.1 Å². The molecule has 1 aliphatic rings. The minimum atomic E-state index is -3.10. The van der Waals surface area contributed by atoms with E-state index in [0.29, 0.717) is 12.5 Å². The second-order valence-electron chi connectivity index (χ2n) is 6.13. The van der Waals surface area contributed by atoms with Crippen LogP contribution in [0.25, 0.3) is 5.69 Å². The van der Waals surface area contributed by atoms with Gasteiger partial charge < -0.3 is 0 Å². The smallest absolute Gasteiger partial charge is 0.208 e. The topological polar surface area (TPSA) is 67.2 Å². The molecular formula is C16H22N4O2S. The zero-order valence-electron chi connectivity index (χ0n) is 13.2. The van der Waals surface area contributed by atoms with Crippen LogP contribution in [0.4, 0.5) is 0 Å². The minimum Gasteiger partial charge on any atom is -0.299 e. The summed E-state index contributed by atoms with van der Waals surface area (Å²) in [7, 11) is -3.10. The predicted molar refractivity (Wildman–Crippen MR) is 89.8 cm³/mol. The van der Waals surface area contributed by atoms with Crippen molar-refractivity contribution in [2.75, 3.05) is 25.9 Å². The Hall–Kier alpha value is -1.70. The first-order chi connectivity index (χ1) is 11.0. The van der Waals surface area contributed by atoms with Crippen LogP contribution in [0.3, 0.4) is 0 Å². The van der Waals surface area contributed by atoms with Crippen LogP contribution in [0.15, 0.2) is 42.7 Å². The van der Waals surface area contributed by atoms with Crippen LogP contribution >= 0.6 is 0 Å². The normalized spacial score (nSPS) is 19.3. The minimum absolute atomic E-state index is 0.388. The molecule has 0 bridgehead atoms. The molecule has 0 amide bonds. The third-order valence-corrected chi connectivity index (χ3v) is 4.78. The fraction of sp³-hybridized carbons (Fsp3) is 0.438. The van der Waals surface area contributed by atoms with Gasteiger partial charge in [0.1, 0.15) is 0 Å². The maximum Gasteiger partial charge on any atom is 0.208 e. The van der Waals surface area contributed by atoms with E-state index in [4.69, 9.17) is 0 Å². The van der Waals surface area contributed by atoms with Gasteiger partial charge in [0.05, 0.1) is 11.9 Å². The van der Waals surface area contributed by atoms with Crippen molar-refractivity contribution in [1.82, 2.24) is 19.4 Å². The summed E-state index contributed by atoms with van der Waals surface area (Å²) >= 11 is 0. The van der Waals surface area contributed by atoms with E-state index in [1.807, 2.05) is 29.1 Å². The number of nitrogens with zero attached hydrogens (tertiary/aromatic N) is 3. The number of rotatable bonds is 6. The summed E-state index contributed by atoms with van der Waals surface area (Å²) in [5, 5.41) is 4.26. The average molecular weight is 334 g/mol. The lowest BCUT2D eigenvalue weighted by Crippen LogP contribution is -2.30. The molecule has 1 aliphatic heterocycles. The van der Waals surface area contributed by atoms with Crippen molar-refractivity contribution in [3.63, 3.8) is 0 Å². The molecule has 1 aromatic carbocycles. The quantitative estimate of drug-likeness (QED) is 0.863. The summed E-state index contributed by atoms with van der Waals surface area (Å²) in [6, 6.07) is 10.3. The summed E-state index contributed by atoms with van der Waals surface area (Å²) in [4.78, 5) is 2.37. The highest BCUT2D eigenvalue weighted by Gasteiger charge is 2.23. The van der Waals surface area contributed by atoms with Gasteiger partial charge in [-0.25, -0.2) is 17.8 Å². The number of aromatic nitrogens is 2. The van der Waals surface area contributed by atoms with Crippen LogP contribution in [-0.4, -0.2) is 49.0 Å². The molecule has 7 heteroatoms. The number of sulfonamides is 1. The highest BCUT2D eigenvalue weighted by Crippen LogP contribution is 2.19. The SMILES string of the molecule is CS(=O)(=O)NCC1CCN(Cc2cccc(-n3cccn3)c2)C1. The third kappa shape index (κ3) is 4.63. The predicted octanol–water partition coefficient (Wildman–Crippen LogP) is 1.24. The molecule has 23 heavy (non-hydrogen) atoms. The fourth-order valence-electron chi connectivity index (χ4n) is 2.97. The Bertz CT molecular complexity index is 743. The molecule has 2 aromatic rings. The van der Waals surface area contributed by atoms with E-state index < -0.39 is 10.0 Å². The van der Waals surface area contributed by atoms with E-state index in [2.05, 4.69) is 26.9 Å². The Morgan fingerprint density at radius 2 is 2.22 bits per heavy atom. The first kappa shape index (κ1) is 16.2. The summed E-state index contributed by atoms with van der Waals surface area (Å²) in [6.45, 7) is 3.34. The number of benzene rings is 1. The van der Waals surface area contributed by atoms with Gasteiger partial charge in [-0.3, -0.25) is 4.90 Å². The lowest BCUT2D eigenvalue weighted by atomic mass is 10.1. The van der Waals surface area contributed by atoms with Crippen LogP contribution in [0.5, 0.6) is 0 Å². The van der Waals surface area contributed by atoms with E-state index in [1.165, 1.54) is 11.8 Å². The van der Waals surface area contributed by atoms with Crippen LogP contribution in [0.2, 0.25) is 0 Å². The molecule has 0 aliphatic carbocycles. The van der Waals surface area contributed by atoms with E-state index in [9.17, 15) is 8.42 Å². The molecule has 3 rings (SSSR count). The number of hydrogen-bond acceptors (Lipinski definition) is 4. The van der Waals surface area contributed by atoms with Crippen LogP contribution in [0, 0.1) is 5.92 Å². The van der Waals surface area contributed by atoms with E-state index >= 15 is 0 Å². The Morgan fingerprint density at radius 1 is 1.35 bits per heavy atom. The largest absolute Gasteiger partial charge is 0.299 e. The van der Waals surface area contributed by atoms with Crippen molar-refractivity contribution < 1.29 is 8.42 Å². The fourth-order valence-corrected chi connectivity index (χ4v) is 3.51. The molecule has 124 valence electrons. The molecule has 1 unspecified atom stereocenters. The van der Waals surface area contributed by atoms with Crippen molar-refractivity contribution in [1.29, 1.82) is 0 Å². The van der Waals surface area contributed by atoms with Gasteiger partial charge in [-0.15, -0.1) is 0 Å². The summed E-state index contributed by atoms with van der Waals surface area (Å²) in [6.07, 6.45) is 5.94. The van der Waals surface area contributed by atoms with E-state index in [0.717, 1.165) is 31.7 Å². The van der Waals surface area contributed by atoms with Crippen molar-refractivity contribution in [2.24, 2.45) is 5.92 Å². The van der Waals surface area contributed by atoms with Gasteiger partial charge in [-0.2, -0.15) is 5.10 Å². The Morgan fingerprint density at radius 3 is 2.96 bits per heavy atom. The molecule has 1 atom stereocenters. The van der Waals surface area contributed by atoms with Crippen LogP contribution in [-0.2, 0) is 16.6 Å². The van der Waals surface area contributed by atoms with Gasteiger partial charge in [0.2, 0.25) is 10.0 Å². The molecule has 1 aromatic heterocycles. The zero-order valence-corrected chi connectivity index (χ0v) is 14.0. The summed E-state index contributed by atoms with van der Waals surface area (Å²) < 4.78 is 26.8. The third-order valence-electron chi connectivity index (χ3n) is 4.09. The molecule has 1 saturated heterocycles. The highest BCUT2D eigenvalue weighted by atomic mass is 32.2. The van der Waals surface area contributed by atoms with Crippen LogP contribution < -0.4 is 4.72 Å². The number of nitrogens with one attached hydrogen (secondary N) is 1. The molecule has 1 fully saturated rings. The second-order valence-corrected chi connectivity index (χ2v) is 7.96. The standard InChI is InChI=1S/C16H22N4O2S/c1-23(21,22)18-11-15-6-9-19(13-15)12-14-4-2-5-16(10-14)20-8-3-7-17-20/h2-5,7-8,10,15,18H,6,9,11-13H2,1H3. The Labute approximate surface area is 137 Å². The zero-order chi connectivity index (χ0) is 16.3. The van der Waals surface area contributed by atoms with Gasteiger partial charge in [0.25, 0.3) is 0 Å². The van der Waals surface area contributed by atoms with Crippen molar-refractivity contribution in [3.05, 3.63) is 48.3 Å². The maximum absolute atomic E-state index is 11.2. The van der Waals surface area contributed by atoms with Crippen molar-refractivity contribution in [2.45, 2.75) is 13.0 Å². The van der Waals surface area contributed by atoms with Gasteiger partial charge in [0.15, 0.2) is 0 Å². The van der Waals surface area contributed by atoms with Gasteiger partial charge in [-0.05, 0) is 42.6 Å². The molecule has 1 N–H and O–H groups in total. The number of hydrogen-bond donors (Lipinski definition) is 1. The summed E-state index contributed by atoms with van der Waals surface area (Å²) in [5.41, 5.74) is 2.30. The Kier molecular flexibility index (Phi) is 4.79. The molecular weight excluding hydrogens is 312 g/mol. The lowest BCUT2D eigenvalue weighted by Gasteiger charge is -2.17. The summed E-state index contributed by atoms with van der Waals surface area (Å²) in [5.74, 6) is 0.388. The average Bonchev–Trinajstić information content (AvgIpc) is 3.16. The van der Waals surface area contributed by atoms with Crippen LogP contribution in [0.1, 0.15) is 12.0 Å².